The van der Waals surface area contributed by atoms with Crippen LogP contribution in [0.2, 0.25) is 0 Å². The number of esters is 1. The maximum Gasteiger partial charge on any atom is 0.341 e. The lowest BCUT2D eigenvalue weighted by Crippen LogP contribution is -2.36. The molecule has 2 N–H and O–H groups in total. The van der Waals surface area contributed by atoms with E-state index < -0.39 is 5.97 Å². The maximum atomic E-state index is 12.9. The van der Waals surface area contributed by atoms with Gasteiger partial charge in [-0.3, -0.25) is 9.59 Å². The second-order valence-electron chi connectivity index (χ2n) is 9.12. The van der Waals surface area contributed by atoms with Crippen LogP contribution in [0.15, 0.2) is 48.7 Å². The Morgan fingerprint density at radius 2 is 1.67 bits per heavy atom. The lowest BCUT2D eigenvalue weighted by Gasteiger charge is -2.23. The van der Waals surface area contributed by atoms with Crippen molar-refractivity contribution in [2.45, 2.75) is 58.9 Å². The molecule has 0 aliphatic heterocycles. The Hall–Kier alpha value is -3.94. The van der Waals surface area contributed by atoms with Crippen LogP contribution in [0, 0.1) is 13.8 Å². The van der Waals surface area contributed by atoms with E-state index in [9.17, 15) is 14.4 Å². The highest BCUT2D eigenvalue weighted by atomic mass is 16.5. The first-order chi connectivity index (χ1) is 17.4. The topological polar surface area (TPSA) is 102 Å². The summed E-state index contributed by atoms with van der Waals surface area (Å²) in [6.07, 6.45) is 7.10. The Bertz CT molecular complexity index is 1260. The molecule has 1 fully saturated rings. The fourth-order valence-electron chi connectivity index (χ4n) is 4.49. The van der Waals surface area contributed by atoms with Gasteiger partial charge >= 0.3 is 5.97 Å². The third kappa shape index (κ3) is 5.64. The van der Waals surface area contributed by atoms with Crippen molar-refractivity contribution >= 4 is 23.5 Å². The molecular formula is C28H32N4O4. The van der Waals surface area contributed by atoms with Crippen molar-refractivity contribution in [1.29, 1.82) is 0 Å². The zero-order valence-electron chi connectivity index (χ0n) is 21.0. The van der Waals surface area contributed by atoms with Gasteiger partial charge in [-0.25, -0.2) is 9.48 Å². The van der Waals surface area contributed by atoms with E-state index in [-0.39, 0.29) is 17.9 Å². The average Bonchev–Trinajstić information content (AvgIpc) is 3.27. The molecule has 36 heavy (non-hydrogen) atoms. The standard InChI is InChI=1S/C28H32N4O4/c1-4-36-28(35)24-17-29-32(19(24)3)23-13-10-20(11-14-23)26(33)31-25-15-12-21(16-18(25)2)27(34)30-22-8-6-5-7-9-22/h10-17,22H,4-9H2,1-3H3,(H,30,34)(H,31,33). The quantitative estimate of drug-likeness (QED) is 0.457. The first kappa shape index (κ1) is 25.2. The number of nitrogens with zero attached hydrogens (tertiary/aromatic N) is 2. The van der Waals surface area contributed by atoms with Gasteiger partial charge in [0.05, 0.1) is 24.2 Å². The molecule has 0 bridgehead atoms. The average molecular weight is 489 g/mol. The molecule has 2 amide bonds. The predicted molar refractivity (Wildman–Crippen MR) is 138 cm³/mol. The highest BCUT2D eigenvalue weighted by Gasteiger charge is 2.18. The highest BCUT2D eigenvalue weighted by molar-refractivity contribution is 6.05. The van der Waals surface area contributed by atoms with Gasteiger partial charge in [0, 0.05) is 22.9 Å². The number of benzene rings is 2. The summed E-state index contributed by atoms with van der Waals surface area (Å²) in [7, 11) is 0. The lowest BCUT2D eigenvalue weighted by molar-refractivity contribution is 0.0525. The van der Waals surface area contributed by atoms with Crippen LogP contribution >= 0.6 is 0 Å². The lowest BCUT2D eigenvalue weighted by atomic mass is 9.95. The van der Waals surface area contributed by atoms with E-state index in [0.717, 1.165) is 36.9 Å². The normalized spacial score (nSPS) is 13.8. The second-order valence-corrected chi connectivity index (χ2v) is 9.12. The van der Waals surface area contributed by atoms with Crippen LogP contribution in [-0.4, -0.2) is 40.2 Å². The minimum atomic E-state index is -0.412. The molecule has 2 aromatic carbocycles. The van der Waals surface area contributed by atoms with Crippen LogP contribution in [0.1, 0.15) is 81.4 Å². The van der Waals surface area contributed by atoms with Gasteiger partial charge in [-0.15, -0.1) is 0 Å². The number of nitrogens with one attached hydrogen (secondary N) is 2. The molecule has 0 unspecified atom stereocenters. The number of rotatable bonds is 7. The molecule has 8 nitrogen and oxygen atoms in total. The van der Waals surface area contributed by atoms with Gasteiger partial charge in [0.15, 0.2) is 0 Å². The second kappa shape index (κ2) is 11.2. The van der Waals surface area contributed by atoms with E-state index in [1.165, 1.54) is 12.6 Å². The first-order valence-corrected chi connectivity index (χ1v) is 12.4. The zero-order chi connectivity index (χ0) is 25.7. The van der Waals surface area contributed by atoms with E-state index in [1.807, 2.05) is 6.92 Å². The monoisotopic (exact) mass is 488 g/mol. The molecule has 0 radical (unpaired) electrons. The van der Waals surface area contributed by atoms with Crippen molar-refractivity contribution in [3.8, 4) is 5.69 Å². The van der Waals surface area contributed by atoms with Gasteiger partial charge in [0.2, 0.25) is 0 Å². The molecule has 4 rings (SSSR count). The van der Waals surface area contributed by atoms with Crippen LogP contribution in [0.4, 0.5) is 5.69 Å². The summed E-state index contributed by atoms with van der Waals surface area (Å²) in [4.78, 5) is 37.5. The number of carbonyl (C=O) groups is 3. The Labute approximate surface area is 211 Å². The third-order valence-electron chi connectivity index (χ3n) is 6.56. The van der Waals surface area contributed by atoms with E-state index in [4.69, 9.17) is 4.74 Å². The van der Waals surface area contributed by atoms with Gasteiger partial charge in [-0.2, -0.15) is 5.10 Å². The van der Waals surface area contributed by atoms with Crippen LogP contribution < -0.4 is 10.6 Å². The van der Waals surface area contributed by atoms with Crippen molar-refractivity contribution in [1.82, 2.24) is 15.1 Å². The van der Waals surface area contributed by atoms with Crippen LogP contribution in [0.25, 0.3) is 5.69 Å². The Kier molecular flexibility index (Phi) is 7.83. The summed E-state index contributed by atoms with van der Waals surface area (Å²) in [6, 6.07) is 12.5. The van der Waals surface area contributed by atoms with Crippen molar-refractivity contribution in [3.05, 3.63) is 76.6 Å². The molecule has 1 saturated carbocycles. The van der Waals surface area contributed by atoms with E-state index in [2.05, 4.69) is 15.7 Å². The smallest absolute Gasteiger partial charge is 0.341 e. The summed E-state index contributed by atoms with van der Waals surface area (Å²) in [6.45, 7) is 5.72. The zero-order valence-corrected chi connectivity index (χ0v) is 21.0. The number of hydrogen-bond donors (Lipinski definition) is 2. The van der Waals surface area contributed by atoms with Crippen molar-refractivity contribution < 1.29 is 19.1 Å². The Morgan fingerprint density at radius 1 is 0.972 bits per heavy atom. The van der Waals surface area contributed by atoms with Gasteiger partial charge in [0.1, 0.15) is 5.56 Å². The van der Waals surface area contributed by atoms with E-state index in [1.54, 1.807) is 61.0 Å². The van der Waals surface area contributed by atoms with Gasteiger partial charge in [-0.1, -0.05) is 19.3 Å². The molecule has 188 valence electrons. The molecular weight excluding hydrogens is 456 g/mol. The molecule has 8 heteroatoms. The summed E-state index contributed by atoms with van der Waals surface area (Å²) < 4.78 is 6.70. The molecule has 0 saturated heterocycles. The minimum absolute atomic E-state index is 0.0708. The SMILES string of the molecule is CCOC(=O)c1cnn(-c2ccc(C(=O)Nc3ccc(C(=O)NC4CCCCC4)cc3C)cc2)c1C. The molecule has 1 aromatic heterocycles. The number of amides is 2. The summed E-state index contributed by atoms with van der Waals surface area (Å²) in [5.41, 5.74) is 4.34. The van der Waals surface area contributed by atoms with E-state index in [0.29, 0.717) is 34.7 Å². The molecule has 1 heterocycles. The molecule has 0 spiro atoms. The molecule has 1 aliphatic rings. The van der Waals surface area contributed by atoms with E-state index >= 15 is 0 Å². The highest BCUT2D eigenvalue weighted by Crippen LogP contribution is 2.21. The van der Waals surface area contributed by atoms with Crippen LogP contribution in [-0.2, 0) is 4.74 Å². The fraction of sp³-hybridized carbons (Fsp3) is 0.357. The Balaban J connectivity index is 1.41. The number of hydrogen-bond acceptors (Lipinski definition) is 5. The van der Waals surface area contributed by atoms with Crippen molar-refractivity contribution in [2.75, 3.05) is 11.9 Å². The first-order valence-electron chi connectivity index (χ1n) is 12.4. The number of anilines is 1. The number of aromatic nitrogens is 2. The number of carbonyl (C=O) groups excluding carboxylic acids is 3. The summed E-state index contributed by atoms with van der Waals surface area (Å²) in [5.74, 6) is -0.739. The summed E-state index contributed by atoms with van der Waals surface area (Å²) >= 11 is 0. The van der Waals surface area contributed by atoms with Crippen LogP contribution in [0.5, 0.6) is 0 Å². The third-order valence-corrected chi connectivity index (χ3v) is 6.56. The van der Waals surface area contributed by atoms with Gasteiger partial charge in [0.25, 0.3) is 11.8 Å². The minimum Gasteiger partial charge on any atom is -0.462 e. The maximum absolute atomic E-state index is 12.9. The predicted octanol–water partition coefficient (Wildman–Crippen LogP) is 4.98. The largest absolute Gasteiger partial charge is 0.462 e. The molecule has 1 aliphatic carbocycles. The number of ether oxygens (including phenoxy) is 1. The number of aryl methyl sites for hydroxylation is 1. The van der Waals surface area contributed by atoms with Crippen molar-refractivity contribution in [3.63, 3.8) is 0 Å². The van der Waals surface area contributed by atoms with Crippen LogP contribution in [0.3, 0.4) is 0 Å². The molecule has 3 aromatic rings. The molecule has 0 atom stereocenters. The summed E-state index contributed by atoms with van der Waals surface area (Å²) in [5, 5.41) is 10.3. The van der Waals surface area contributed by atoms with Gasteiger partial charge in [-0.05, 0) is 81.6 Å². The van der Waals surface area contributed by atoms with Gasteiger partial charge < -0.3 is 15.4 Å². The van der Waals surface area contributed by atoms with Crippen molar-refractivity contribution in [2.24, 2.45) is 0 Å². The Morgan fingerprint density at radius 3 is 2.33 bits per heavy atom. The fourth-order valence-corrected chi connectivity index (χ4v) is 4.49.